The van der Waals surface area contributed by atoms with Gasteiger partial charge in [0.05, 0.1) is 11.9 Å². The molecule has 1 aromatic carbocycles. The number of aryl methyl sites for hydroxylation is 1. The number of fused-ring (bicyclic) bond motifs is 1. The van der Waals surface area contributed by atoms with Gasteiger partial charge in [-0.15, -0.1) is 0 Å². The summed E-state index contributed by atoms with van der Waals surface area (Å²) in [5.41, 5.74) is 2.62. The molecular weight excluding hydrogens is 266 g/mol. The number of hydrogen-bond donors (Lipinski definition) is 1. The van der Waals surface area contributed by atoms with Crippen LogP contribution in [0, 0.1) is 0 Å². The van der Waals surface area contributed by atoms with Gasteiger partial charge in [0.2, 0.25) is 10.0 Å². The van der Waals surface area contributed by atoms with Crippen LogP contribution in [0.4, 0.5) is 5.69 Å². The van der Waals surface area contributed by atoms with Crippen LogP contribution in [0.2, 0.25) is 0 Å². The van der Waals surface area contributed by atoms with Crippen LogP contribution in [0.25, 0.3) is 0 Å². The zero-order chi connectivity index (χ0) is 14.2. The van der Waals surface area contributed by atoms with Gasteiger partial charge in [0.1, 0.15) is 0 Å². The minimum absolute atomic E-state index is 0.0836. The standard InChI is InChI=1S/C13H17NO4S/c1-9-7-11-8-10(4-6-13(15)16)3-5-12(11)14(9)19(2,17)18/h3,5,8-9H,4,6-7H2,1-2H3,(H,15,16). The van der Waals surface area contributed by atoms with Gasteiger partial charge < -0.3 is 5.11 Å². The molecule has 0 bridgehead atoms. The molecule has 0 saturated heterocycles. The highest BCUT2D eigenvalue weighted by Gasteiger charge is 2.32. The predicted octanol–water partition coefficient (Wildman–Crippen LogP) is 1.41. The van der Waals surface area contributed by atoms with Crippen molar-refractivity contribution in [2.45, 2.75) is 32.2 Å². The molecule has 0 aliphatic carbocycles. The number of rotatable bonds is 4. The molecule has 0 fully saturated rings. The second kappa shape index (κ2) is 4.85. The molecule has 0 saturated carbocycles. The molecule has 1 unspecified atom stereocenters. The van der Waals surface area contributed by atoms with Crippen molar-refractivity contribution in [3.63, 3.8) is 0 Å². The van der Waals surface area contributed by atoms with Crippen LogP contribution < -0.4 is 4.31 Å². The Morgan fingerprint density at radius 3 is 2.74 bits per heavy atom. The van der Waals surface area contributed by atoms with E-state index in [-0.39, 0.29) is 12.5 Å². The van der Waals surface area contributed by atoms with E-state index in [0.717, 1.165) is 11.1 Å². The number of nitrogens with zero attached hydrogens (tertiary/aromatic N) is 1. The fourth-order valence-corrected chi connectivity index (χ4v) is 3.83. The Balaban J connectivity index is 2.29. The molecule has 6 heteroatoms. The molecule has 104 valence electrons. The summed E-state index contributed by atoms with van der Waals surface area (Å²) in [7, 11) is -3.26. The smallest absolute Gasteiger partial charge is 0.303 e. The molecular formula is C13H17NO4S. The highest BCUT2D eigenvalue weighted by atomic mass is 32.2. The van der Waals surface area contributed by atoms with Gasteiger partial charge >= 0.3 is 5.97 Å². The fourth-order valence-electron chi connectivity index (χ4n) is 2.57. The number of benzene rings is 1. The molecule has 0 radical (unpaired) electrons. The van der Waals surface area contributed by atoms with E-state index >= 15 is 0 Å². The summed E-state index contributed by atoms with van der Waals surface area (Å²) in [5, 5.41) is 8.67. The zero-order valence-corrected chi connectivity index (χ0v) is 11.8. The highest BCUT2D eigenvalue weighted by molar-refractivity contribution is 7.92. The minimum Gasteiger partial charge on any atom is -0.481 e. The molecule has 19 heavy (non-hydrogen) atoms. The van der Waals surface area contributed by atoms with Crippen LogP contribution in [0.1, 0.15) is 24.5 Å². The molecule has 0 spiro atoms. The van der Waals surface area contributed by atoms with Crippen LogP contribution in [0.15, 0.2) is 18.2 Å². The Kier molecular flexibility index (Phi) is 3.54. The largest absolute Gasteiger partial charge is 0.481 e. The zero-order valence-electron chi connectivity index (χ0n) is 11.0. The Hall–Kier alpha value is -1.56. The number of carbonyl (C=O) groups is 1. The number of hydrogen-bond acceptors (Lipinski definition) is 3. The first kappa shape index (κ1) is 13.9. The highest BCUT2D eigenvalue weighted by Crippen LogP contribution is 2.34. The van der Waals surface area contributed by atoms with Crippen molar-refractivity contribution in [1.82, 2.24) is 0 Å². The lowest BCUT2D eigenvalue weighted by atomic mass is 10.0. The normalized spacial score (nSPS) is 18.4. The lowest BCUT2D eigenvalue weighted by Gasteiger charge is -2.21. The van der Waals surface area contributed by atoms with E-state index in [1.54, 1.807) is 12.1 Å². The monoisotopic (exact) mass is 283 g/mol. The Bertz CT molecular complexity index is 609. The number of carboxylic acids is 1. The van der Waals surface area contributed by atoms with Gasteiger partial charge in [-0.25, -0.2) is 8.42 Å². The van der Waals surface area contributed by atoms with Crippen LogP contribution in [0.3, 0.4) is 0 Å². The SMILES string of the molecule is CC1Cc2cc(CCC(=O)O)ccc2N1S(C)(=O)=O. The van der Waals surface area contributed by atoms with E-state index in [9.17, 15) is 13.2 Å². The van der Waals surface area contributed by atoms with Crippen molar-refractivity contribution in [2.24, 2.45) is 0 Å². The van der Waals surface area contributed by atoms with E-state index in [1.165, 1.54) is 10.6 Å². The summed E-state index contributed by atoms with van der Waals surface area (Å²) < 4.78 is 24.9. The quantitative estimate of drug-likeness (QED) is 0.906. The van der Waals surface area contributed by atoms with Crippen LogP contribution in [-0.4, -0.2) is 31.8 Å². The molecule has 1 aromatic rings. The van der Waals surface area contributed by atoms with Crippen molar-refractivity contribution in [3.05, 3.63) is 29.3 Å². The molecule has 0 aromatic heterocycles. The first-order valence-electron chi connectivity index (χ1n) is 6.12. The third-order valence-electron chi connectivity index (χ3n) is 3.28. The fraction of sp³-hybridized carbons (Fsp3) is 0.462. The molecule has 5 nitrogen and oxygen atoms in total. The van der Waals surface area contributed by atoms with Crippen LogP contribution in [0.5, 0.6) is 0 Å². The lowest BCUT2D eigenvalue weighted by molar-refractivity contribution is -0.136. The molecule has 1 heterocycles. The predicted molar refractivity (Wildman–Crippen MR) is 72.9 cm³/mol. The van der Waals surface area contributed by atoms with Gasteiger partial charge in [-0.3, -0.25) is 9.10 Å². The third-order valence-corrected chi connectivity index (χ3v) is 4.55. The van der Waals surface area contributed by atoms with Crippen molar-refractivity contribution in [1.29, 1.82) is 0 Å². The molecule has 1 atom stereocenters. The Morgan fingerprint density at radius 2 is 2.16 bits per heavy atom. The molecule has 1 aliphatic rings. The van der Waals surface area contributed by atoms with Crippen molar-refractivity contribution >= 4 is 21.7 Å². The average molecular weight is 283 g/mol. The number of anilines is 1. The third kappa shape index (κ3) is 2.89. The molecule has 0 amide bonds. The first-order valence-corrected chi connectivity index (χ1v) is 7.97. The summed E-state index contributed by atoms with van der Waals surface area (Å²) in [6.45, 7) is 1.87. The first-order chi connectivity index (χ1) is 8.79. The van der Waals surface area contributed by atoms with Gasteiger partial charge in [0, 0.05) is 12.5 Å². The minimum atomic E-state index is -3.26. The van der Waals surface area contributed by atoms with E-state index in [4.69, 9.17) is 5.11 Å². The summed E-state index contributed by atoms with van der Waals surface area (Å²) >= 11 is 0. The second-order valence-corrected chi connectivity index (χ2v) is 6.83. The van der Waals surface area contributed by atoms with Gasteiger partial charge in [-0.1, -0.05) is 12.1 Å². The number of aliphatic carboxylic acids is 1. The van der Waals surface area contributed by atoms with Gasteiger partial charge in [-0.2, -0.15) is 0 Å². The van der Waals surface area contributed by atoms with E-state index in [2.05, 4.69) is 0 Å². The summed E-state index contributed by atoms with van der Waals surface area (Å²) in [5.74, 6) is -0.827. The van der Waals surface area contributed by atoms with Crippen molar-refractivity contribution in [2.75, 3.05) is 10.6 Å². The Morgan fingerprint density at radius 1 is 1.47 bits per heavy atom. The Labute approximate surface area is 112 Å². The van der Waals surface area contributed by atoms with Gasteiger partial charge in [-0.05, 0) is 37.0 Å². The summed E-state index contributed by atoms with van der Waals surface area (Å²) in [6.07, 6.45) is 2.43. The topological polar surface area (TPSA) is 74.7 Å². The number of carboxylic acid groups (broad SMARTS) is 1. The molecule has 1 aliphatic heterocycles. The van der Waals surface area contributed by atoms with Gasteiger partial charge in [0.15, 0.2) is 0 Å². The van der Waals surface area contributed by atoms with Crippen molar-refractivity contribution in [3.8, 4) is 0 Å². The van der Waals surface area contributed by atoms with E-state index < -0.39 is 16.0 Å². The second-order valence-electron chi connectivity index (χ2n) is 4.97. The van der Waals surface area contributed by atoms with E-state index in [1.807, 2.05) is 13.0 Å². The van der Waals surface area contributed by atoms with Crippen molar-refractivity contribution < 1.29 is 18.3 Å². The number of sulfonamides is 1. The maximum Gasteiger partial charge on any atom is 0.303 e. The summed E-state index contributed by atoms with van der Waals surface area (Å²) in [4.78, 5) is 10.6. The van der Waals surface area contributed by atoms with Crippen LogP contribution in [-0.2, 0) is 27.7 Å². The summed E-state index contributed by atoms with van der Waals surface area (Å²) in [6, 6.07) is 5.41. The van der Waals surface area contributed by atoms with E-state index in [0.29, 0.717) is 18.5 Å². The molecule has 1 N–H and O–H groups in total. The molecule has 2 rings (SSSR count). The van der Waals surface area contributed by atoms with Crippen LogP contribution >= 0.6 is 0 Å². The van der Waals surface area contributed by atoms with Gasteiger partial charge in [0.25, 0.3) is 0 Å². The maximum absolute atomic E-state index is 11.8. The maximum atomic E-state index is 11.8. The average Bonchev–Trinajstić information content (AvgIpc) is 2.60. The lowest BCUT2D eigenvalue weighted by Crippen LogP contribution is -2.34.